The second-order valence-corrected chi connectivity index (χ2v) is 8.62. The summed E-state index contributed by atoms with van der Waals surface area (Å²) in [7, 11) is 0. The van der Waals surface area contributed by atoms with Crippen LogP contribution in [0.1, 0.15) is 116 Å². The number of aliphatic hydroxyl groups excluding tert-OH is 1. The highest BCUT2D eigenvalue weighted by Gasteiger charge is 2.24. The van der Waals surface area contributed by atoms with Crippen molar-refractivity contribution in [2.24, 2.45) is 5.92 Å². The number of hydrogen-bond acceptors (Lipinski definition) is 3. The van der Waals surface area contributed by atoms with Crippen molar-refractivity contribution < 1.29 is 14.6 Å². The van der Waals surface area contributed by atoms with Crippen molar-refractivity contribution in [2.45, 2.75) is 122 Å². The van der Waals surface area contributed by atoms with Crippen LogP contribution in [0, 0.1) is 5.92 Å². The molecule has 0 saturated carbocycles. The van der Waals surface area contributed by atoms with Crippen molar-refractivity contribution in [2.75, 3.05) is 26.4 Å². The number of rotatable bonds is 20. The summed E-state index contributed by atoms with van der Waals surface area (Å²) < 4.78 is 11.2. The predicted molar refractivity (Wildman–Crippen MR) is 115 cm³/mol. The Balaban J connectivity index is 1.67. The highest BCUT2D eigenvalue weighted by molar-refractivity contribution is 4.72. The zero-order chi connectivity index (χ0) is 19.4. The van der Waals surface area contributed by atoms with Crippen LogP contribution in [0.3, 0.4) is 0 Å². The van der Waals surface area contributed by atoms with Crippen LogP contribution in [-0.2, 0) is 9.47 Å². The van der Waals surface area contributed by atoms with E-state index < -0.39 is 0 Å². The van der Waals surface area contributed by atoms with Gasteiger partial charge >= 0.3 is 0 Å². The largest absolute Gasteiger partial charge is 0.394 e. The van der Waals surface area contributed by atoms with E-state index in [1.807, 2.05) is 0 Å². The topological polar surface area (TPSA) is 38.7 Å². The van der Waals surface area contributed by atoms with E-state index in [-0.39, 0.29) is 12.7 Å². The summed E-state index contributed by atoms with van der Waals surface area (Å²) in [6, 6.07) is 0. The van der Waals surface area contributed by atoms with E-state index in [4.69, 9.17) is 14.6 Å². The lowest BCUT2D eigenvalue weighted by molar-refractivity contribution is 0.0508. The zero-order valence-electron chi connectivity index (χ0n) is 18.3. The normalized spacial score (nSPS) is 19.8. The van der Waals surface area contributed by atoms with Gasteiger partial charge in [0.25, 0.3) is 0 Å². The van der Waals surface area contributed by atoms with Crippen LogP contribution in [0.5, 0.6) is 0 Å². The third-order valence-electron chi connectivity index (χ3n) is 5.86. The first kappa shape index (κ1) is 24.9. The lowest BCUT2D eigenvalue weighted by Gasteiger charge is -2.09. The van der Waals surface area contributed by atoms with Crippen molar-refractivity contribution >= 4 is 0 Å². The average molecular weight is 385 g/mol. The number of hydrogen-bond donors (Lipinski definition) is 1. The first-order chi connectivity index (χ1) is 13.4. The molecule has 1 fully saturated rings. The molecule has 0 aromatic carbocycles. The molecule has 0 spiro atoms. The van der Waals surface area contributed by atoms with Gasteiger partial charge in [0.1, 0.15) is 0 Å². The summed E-state index contributed by atoms with van der Waals surface area (Å²) in [5.74, 6) is 0.489. The van der Waals surface area contributed by atoms with Crippen molar-refractivity contribution in [3.05, 3.63) is 0 Å². The minimum Gasteiger partial charge on any atom is -0.394 e. The highest BCUT2D eigenvalue weighted by Crippen LogP contribution is 2.19. The van der Waals surface area contributed by atoms with Crippen molar-refractivity contribution in [1.29, 1.82) is 0 Å². The Morgan fingerprint density at radius 1 is 0.741 bits per heavy atom. The molecule has 3 nitrogen and oxygen atoms in total. The molecule has 1 saturated heterocycles. The van der Waals surface area contributed by atoms with E-state index in [9.17, 15) is 0 Å². The summed E-state index contributed by atoms with van der Waals surface area (Å²) in [5, 5.41) is 9.05. The maximum atomic E-state index is 9.05. The monoisotopic (exact) mass is 384 g/mol. The third kappa shape index (κ3) is 15.5. The molecule has 0 aromatic rings. The van der Waals surface area contributed by atoms with Gasteiger partial charge in [0.05, 0.1) is 25.9 Å². The molecule has 1 aliphatic rings. The Kier molecular flexibility index (Phi) is 17.7. The molecular weight excluding hydrogens is 336 g/mol. The smallest absolute Gasteiger partial charge is 0.0810 e. The molecule has 0 amide bonds. The zero-order valence-corrected chi connectivity index (χ0v) is 18.3. The molecule has 27 heavy (non-hydrogen) atoms. The van der Waals surface area contributed by atoms with Gasteiger partial charge in [0.15, 0.2) is 0 Å². The molecule has 3 heteroatoms. The molecule has 1 N–H and O–H groups in total. The minimum absolute atomic E-state index is 0.0501. The quantitative estimate of drug-likeness (QED) is 0.238. The Morgan fingerprint density at radius 2 is 1.22 bits per heavy atom. The molecular formula is C24H48O3. The fourth-order valence-electron chi connectivity index (χ4n) is 4.03. The summed E-state index contributed by atoms with van der Waals surface area (Å²) in [6.07, 6.45) is 23.5. The molecule has 1 aliphatic heterocycles. The van der Waals surface area contributed by atoms with E-state index in [0.717, 1.165) is 26.2 Å². The van der Waals surface area contributed by atoms with Gasteiger partial charge in [-0.3, -0.25) is 0 Å². The SMILES string of the molecule is CCCCCCCCCCCCCCCCCCOCC1COC(CO)C1. The van der Waals surface area contributed by atoms with E-state index >= 15 is 0 Å². The van der Waals surface area contributed by atoms with Crippen molar-refractivity contribution in [3.63, 3.8) is 0 Å². The lowest BCUT2D eigenvalue weighted by atomic mass is 10.0. The second-order valence-electron chi connectivity index (χ2n) is 8.62. The molecule has 162 valence electrons. The molecule has 2 atom stereocenters. The number of unbranched alkanes of at least 4 members (excludes halogenated alkanes) is 15. The maximum Gasteiger partial charge on any atom is 0.0810 e. The Hall–Kier alpha value is -0.120. The van der Waals surface area contributed by atoms with Crippen LogP contribution >= 0.6 is 0 Å². The molecule has 1 rings (SSSR count). The van der Waals surface area contributed by atoms with Gasteiger partial charge in [-0.2, -0.15) is 0 Å². The molecule has 1 heterocycles. The van der Waals surface area contributed by atoms with E-state index in [1.165, 1.54) is 103 Å². The molecule has 2 unspecified atom stereocenters. The summed E-state index contributed by atoms with van der Waals surface area (Å²) in [6.45, 7) is 4.88. The summed E-state index contributed by atoms with van der Waals surface area (Å²) in [4.78, 5) is 0. The average Bonchev–Trinajstić information content (AvgIpc) is 3.15. The highest BCUT2D eigenvalue weighted by atomic mass is 16.5. The fourth-order valence-corrected chi connectivity index (χ4v) is 4.03. The Labute approximate surface area is 169 Å². The Morgan fingerprint density at radius 3 is 1.67 bits per heavy atom. The minimum atomic E-state index is 0.0501. The predicted octanol–water partition coefficient (Wildman–Crippen LogP) is 6.66. The summed E-state index contributed by atoms with van der Waals surface area (Å²) in [5.41, 5.74) is 0. The van der Waals surface area contributed by atoms with Crippen LogP contribution < -0.4 is 0 Å². The molecule has 0 aromatic heterocycles. The standard InChI is InChI=1S/C24H48O3/c1-2-3-4-5-6-7-8-9-10-11-12-13-14-15-16-17-18-26-21-23-19-24(20-25)27-22-23/h23-25H,2-22H2,1H3. The van der Waals surface area contributed by atoms with Crippen molar-refractivity contribution in [1.82, 2.24) is 0 Å². The first-order valence-electron chi connectivity index (χ1n) is 12.2. The van der Waals surface area contributed by atoms with Gasteiger partial charge in [-0.1, -0.05) is 103 Å². The van der Waals surface area contributed by atoms with Crippen molar-refractivity contribution in [3.8, 4) is 0 Å². The second kappa shape index (κ2) is 19.2. The van der Waals surface area contributed by atoms with Gasteiger partial charge in [-0.05, 0) is 12.8 Å². The Bertz CT molecular complexity index is 295. The van der Waals surface area contributed by atoms with Crippen LogP contribution in [-0.4, -0.2) is 37.6 Å². The van der Waals surface area contributed by atoms with Gasteiger partial charge in [-0.15, -0.1) is 0 Å². The van der Waals surface area contributed by atoms with Crippen LogP contribution in [0.15, 0.2) is 0 Å². The van der Waals surface area contributed by atoms with Gasteiger partial charge in [-0.25, -0.2) is 0 Å². The fraction of sp³-hybridized carbons (Fsp3) is 1.00. The van der Waals surface area contributed by atoms with Gasteiger partial charge < -0.3 is 14.6 Å². The van der Waals surface area contributed by atoms with Crippen LogP contribution in [0.4, 0.5) is 0 Å². The van der Waals surface area contributed by atoms with Crippen LogP contribution in [0.25, 0.3) is 0 Å². The molecule has 0 radical (unpaired) electrons. The van der Waals surface area contributed by atoms with E-state index in [2.05, 4.69) is 6.92 Å². The lowest BCUT2D eigenvalue weighted by Crippen LogP contribution is -2.12. The maximum absolute atomic E-state index is 9.05. The molecule has 0 bridgehead atoms. The van der Waals surface area contributed by atoms with E-state index in [1.54, 1.807) is 0 Å². The number of aliphatic hydroxyl groups is 1. The van der Waals surface area contributed by atoms with Gasteiger partial charge in [0, 0.05) is 12.5 Å². The van der Waals surface area contributed by atoms with Gasteiger partial charge in [0.2, 0.25) is 0 Å². The first-order valence-corrected chi connectivity index (χ1v) is 12.2. The number of ether oxygens (including phenoxy) is 2. The third-order valence-corrected chi connectivity index (χ3v) is 5.86. The van der Waals surface area contributed by atoms with Crippen LogP contribution in [0.2, 0.25) is 0 Å². The van der Waals surface area contributed by atoms with E-state index in [0.29, 0.717) is 5.92 Å². The summed E-state index contributed by atoms with van der Waals surface area (Å²) >= 11 is 0. The molecule has 0 aliphatic carbocycles.